The molecule has 0 aliphatic carbocycles. The van der Waals surface area contributed by atoms with Gasteiger partial charge in [-0.3, -0.25) is 4.79 Å². The Morgan fingerprint density at radius 1 is 1.04 bits per heavy atom. The van der Waals surface area contributed by atoms with Crippen LogP contribution in [0.3, 0.4) is 0 Å². The van der Waals surface area contributed by atoms with E-state index in [-0.39, 0.29) is 18.9 Å². The van der Waals surface area contributed by atoms with Crippen LogP contribution >= 0.6 is 0 Å². The SMILES string of the molecule is CCOC(=O)c1ccccc1NC(=O)CCNc1ccc(OC)cc1. The van der Waals surface area contributed by atoms with Crippen molar-refractivity contribution >= 4 is 23.3 Å². The van der Waals surface area contributed by atoms with Gasteiger partial charge in [-0.15, -0.1) is 0 Å². The summed E-state index contributed by atoms with van der Waals surface area (Å²) in [6.07, 6.45) is 0.267. The second-order valence-corrected chi connectivity index (χ2v) is 5.22. The van der Waals surface area contributed by atoms with Gasteiger partial charge in [0.2, 0.25) is 5.91 Å². The Kier molecular flexibility index (Phi) is 6.83. The normalized spacial score (nSPS) is 10.0. The van der Waals surface area contributed by atoms with Crippen molar-refractivity contribution in [2.45, 2.75) is 13.3 Å². The molecule has 6 heteroatoms. The molecule has 0 saturated carbocycles. The fourth-order valence-corrected chi connectivity index (χ4v) is 2.22. The van der Waals surface area contributed by atoms with Gasteiger partial charge >= 0.3 is 5.97 Å². The van der Waals surface area contributed by atoms with E-state index >= 15 is 0 Å². The molecule has 25 heavy (non-hydrogen) atoms. The fraction of sp³-hybridized carbons (Fsp3) is 0.263. The van der Waals surface area contributed by atoms with Crippen LogP contribution in [0.25, 0.3) is 0 Å². The first-order valence-corrected chi connectivity index (χ1v) is 8.08. The third-order valence-electron chi connectivity index (χ3n) is 3.47. The highest BCUT2D eigenvalue weighted by molar-refractivity contribution is 6.01. The minimum Gasteiger partial charge on any atom is -0.497 e. The second kappa shape index (κ2) is 9.32. The molecule has 2 aromatic carbocycles. The van der Waals surface area contributed by atoms with Crippen molar-refractivity contribution in [2.24, 2.45) is 0 Å². The van der Waals surface area contributed by atoms with E-state index in [0.29, 0.717) is 17.8 Å². The minimum atomic E-state index is -0.449. The Bertz CT molecular complexity index is 714. The van der Waals surface area contributed by atoms with Gasteiger partial charge in [-0.2, -0.15) is 0 Å². The molecule has 0 aliphatic heterocycles. The first kappa shape index (κ1) is 18.3. The molecule has 0 atom stereocenters. The molecular weight excluding hydrogens is 320 g/mol. The van der Waals surface area contributed by atoms with Gasteiger partial charge in [-0.1, -0.05) is 12.1 Å². The van der Waals surface area contributed by atoms with Crippen molar-refractivity contribution in [3.8, 4) is 5.75 Å². The van der Waals surface area contributed by atoms with E-state index in [1.807, 2.05) is 24.3 Å². The predicted molar refractivity (Wildman–Crippen MR) is 97.1 cm³/mol. The Morgan fingerprint density at radius 3 is 2.44 bits per heavy atom. The van der Waals surface area contributed by atoms with Gasteiger partial charge in [0.15, 0.2) is 0 Å². The van der Waals surface area contributed by atoms with Gasteiger partial charge < -0.3 is 20.1 Å². The molecule has 6 nitrogen and oxygen atoms in total. The first-order valence-electron chi connectivity index (χ1n) is 8.08. The summed E-state index contributed by atoms with van der Waals surface area (Å²) in [5.74, 6) is 0.145. The monoisotopic (exact) mass is 342 g/mol. The number of methoxy groups -OCH3 is 1. The summed E-state index contributed by atoms with van der Waals surface area (Å²) >= 11 is 0. The van der Waals surface area contributed by atoms with Crippen LogP contribution in [0.4, 0.5) is 11.4 Å². The summed E-state index contributed by atoms with van der Waals surface area (Å²) in [6, 6.07) is 14.3. The molecule has 1 amide bonds. The summed E-state index contributed by atoms with van der Waals surface area (Å²) < 4.78 is 10.1. The number of benzene rings is 2. The summed E-state index contributed by atoms with van der Waals surface area (Å²) in [6.45, 7) is 2.50. The second-order valence-electron chi connectivity index (χ2n) is 5.22. The summed E-state index contributed by atoms with van der Waals surface area (Å²) in [5, 5.41) is 5.92. The summed E-state index contributed by atoms with van der Waals surface area (Å²) in [5.41, 5.74) is 1.71. The number of amides is 1. The molecule has 0 spiro atoms. The molecule has 0 heterocycles. The Labute approximate surface area is 147 Å². The van der Waals surface area contributed by atoms with Gasteiger partial charge in [0.25, 0.3) is 0 Å². The quantitative estimate of drug-likeness (QED) is 0.720. The molecule has 2 N–H and O–H groups in total. The smallest absolute Gasteiger partial charge is 0.340 e. The zero-order valence-electron chi connectivity index (χ0n) is 14.4. The standard InChI is InChI=1S/C19H22N2O4/c1-3-25-19(23)16-6-4-5-7-17(16)21-18(22)12-13-20-14-8-10-15(24-2)11-9-14/h4-11,20H,3,12-13H2,1-2H3,(H,21,22). The van der Waals surface area contributed by atoms with Gasteiger partial charge in [-0.05, 0) is 43.3 Å². The molecule has 2 rings (SSSR count). The van der Waals surface area contributed by atoms with Crippen molar-refractivity contribution in [1.29, 1.82) is 0 Å². The Morgan fingerprint density at radius 2 is 1.76 bits per heavy atom. The maximum Gasteiger partial charge on any atom is 0.340 e. The molecule has 0 fully saturated rings. The molecule has 0 saturated heterocycles. The number of esters is 1. The van der Waals surface area contributed by atoms with Crippen LogP contribution < -0.4 is 15.4 Å². The van der Waals surface area contributed by atoms with Gasteiger partial charge in [0, 0.05) is 18.7 Å². The van der Waals surface area contributed by atoms with Crippen molar-refractivity contribution in [1.82, 2.24) is 0 Å². The van der Waals surface area contributed by atoms with Gasteiger partial charge in [0.05, 0.1) is 25.0 Å². The fourth-order valence-electron chi connectivity index (χ4n) is 2.22. The van der Waals surface area contributed by atoms with Crippen molar-refractivity contribution < 1.29 is 19.1 Å². The zero-order valence-corrected chi connectivity index (χ0v) is 14.4. The molecule has 2 aromatic rings. The van der Waals surface area contributed by atoms with Crippen LogP contribution in [0.5, 0.6) is 5.75 Å². The lowest BCUT2D eigenvalue weighted by molar-refractivity contribution is -0.115. The van der Waals surface area contributed by atoms with Crippen molar-refractivity contribution in [3.05, 3.63) is 54.1 Å². The number of hydrogen-bond acceptors (Lipinski definition) is 5. The average Bonchev–Trinajstić information content (AvgIpc) is 2.63. The lowest BCUT2D eigenvalue weighted by Crippen LogP contribution is -2.18. The third kappa shape index (κ3) is 5.53. The minimum absolute atomic E-state index is 0.183. The highest BCUT2D eigenvalue weighted by Gasteiger charge is 2.13. The van der Waals surface area contributed by atoms with Crippen LogP contribution in [0.2, 0.25) is 0 Å². The van der Waals surface area contributed by atoms with E-state index in [2.05, 4.69) is 10.6 Å². The molecule has 0 aliphatic rings. The van der Waals surface area contributed by atoms with Crippen LogP contribution in [0.1, 0.15) is 23.7 Å². The summed E-state index contributed by atoms with van der Waals surface area (Å²) in [7, 11) is 1.61. The van der Waals surface area contributed by atoms with E-state index in [1.165, 1.54) is 0 Å². The highest BCUT2D eigenvalue weighted by Crippen LogP contribution is 2.17. The van der Waals surface area contributed by atoms with E-state index in [9.17, 15) is 9.59 Å². The lowest BCUT2D eigenvalue weighted by Gasteiger charge is -2.11. The summed E-state index contributed by atoms with van der Waals surface area (Å²) in [4.78, 5) is 24.0. The van der Waals surface area contributed by atoms with Crippen LogP contribution in [-0.4, -0.2) is 32.1 Å². The van der Waals surface area contributed by atoms with Gasteiger partial charge in [-0.25, -0.2) is 4.79 Å². The number of carbonyl (C=O) groups is 2. The molecule has 0 radical (unpaired) electrons. The molecule has 0 bridgehead atoms. The Hall–Kier alpha value is -3.02. The predicted octanol–water partition coefficient (Wildman–Crippen LogP) is 3.31. The number of ether oxygens (including phenoxy) is 2. The third-order valence-corrected chi connectivity index (χ3v) is 3.47. The lowest BCUT2D eigenvalue weighted by atomic mass is 10.1. The van der Waals surface area contributed by atoms with Crippen LogP contribution in [-0.2, 0) is 9.53 Å². The maximum absolute atomic E-state index is 12.1. The molecule has 0 unspecified atom stereocenters. The molecular formula is C19H22N2O4. The number of para-hydroxylation sites is 1. The highest BCUT2D eigenvalue weighted by atomic mass is 16.5. The van der Waals surface area contributed by atoms with E-state index < -0.39 is 5.97 Å². The van der Waals surface area contributed by atoms with Gasteiger partial charge in [0.1, 0.15) is 5.75 Å². The van der Waals surface area contributed by atoms with Crippen LogP contribution in [0, 0.1) is 0 Å². The largest absolute Gasteiger partial charge is 0.497 e. The topological polar surface area (TPSA) is 76.7 Å². The number of anilines is 2. The first-order chi connectivity index (χ1) is 12.1. The van der Waals surface area contributed by atoms with E-state index in [1.54, 1.807) is 38.3 Å². The molecule has 132 valence electrons. The van der Waals surface area contributed by atoms with E-state index in [0.717, 1.165) is 11.4 Å². The van der Waals surface area contributed by atoms with Crippen molar-refractivity contribution in [2.75, 3.05) is 30.9 Å². The average molecular weight is 342 g/mol. The van der Waals surface area contributed by atoms with E-state index in [4.69, 9.17) is 9.47 Å². The number of nitrogens with one attached hydrogen (secondary N) is 2. The Balaban J connectivity index is 1.86. The number of carbonyl (C=O) groups excluding carboxylic acids is 2. The van der Waals surface area contributed by atoms with Crippen LogP contribution in [0.15, 0.2) is 48.5 Å². The molecule has 0 aromatic heterocycles. The number of hydrogen-bond donors (Lipinski definition) is 2. The maximum atomic E-state index is 12.1. The zero-order chi connectivity index (χ0) is 18.1. The number of rotatable bonds is 8. The van der Waals surface area contributed by atoms with Crippen molar-refractivity contribution in [3.63, 3.8) is 0 Å².